The molecular formula is C45H29N3O. The maximum absolute atomic E-state index is 6.04. The molecule has 49 heavy (non-hydrogen) atoms. The molecule has 0 unspecified atom stereocenters. The fourth-order valence-electron chi connectivity index (χ4n) is 6.32. The molecule has 2 aromatic heterocycles. The average Bonchev–Trinajstić information content (AvgIpc) is 3.62. The van der Waals surface area contributed by atoms with Crippen LogP contribution >= 0.6 is 0 Å². The summed E-state index contributed by atoms with van der Waals surface area (Å²) in [5.74, 6) is 1.32. The number of nitrogens with zero attached hydrogens (tertiary/aromatic N) is 3. The number of rotatable bonds is 6. The highest BCUT2D eigenvalue weighted by molar-refractivity contribution is 5.92. The van der Waals surface area contributed by atoms with E-state index in [1.165, 1.54) is 11.1 Å². The molecule has 2 heterocycles. The van der Waals surface area contributed by atoms with E-state index in [0.29, 0.717) is 11.7 Å². The second-order valence-corrected chi connectivity index (χ2v) is 12.1. The molecule has 0 saturated heterocycles. The van der Waals surface area contributed by atoms with Gasteiger partial charge in [-0.1, -0.05) is 133 Å². The lowest BCUT2D eigenvalue weighted by Gasteiger charge is -2.11. The molecule has 7 aromatic carbocycles. The van der Waals surface area contributed by atoms with Crippen molar-refractivity contribution < 1.29 is 4.42 Å². The first-order valence-corrected chi connectivity index (χ1v) is 16.3. The van der Waals surface area contributed by atoms with E-state index >= 15 is 0 Å². The van der Waals surface area contributed by atoms with Crippen LogP contribution in [0.4, 0.5) is 0 Å². The monoisotopic (exact) mass is 627 g/mol. The lowest BCUT2D eigenvalue weighted by atomic mass is 9.99. The molecule has 0 bridgehead atoms. The van der Waals surface area contributed by atoms with Crippen molar-refractivity contribution in [1.29, 1.82) is 0 Å². The number of hydrogen-bond donors (Lipinski definition) is 0. The van der Waals surface area contributed by atoms with Crippen molar-refractivity contribution in [1.82, 2.24) is 15.0 Å². The van der Waals surface area contributed by atoms with Gasteiger partial charge in [-0.15, -0.1) is 0 Å². The number of benzene rings is 7. The van der Waals surface area contributed by atoms with Gasteiger partial charge in [0.1, 0.15) is 5.52 Å². The first-order chi connectivity index (χ1) is 24.2. The second kappa shape index (κ2) is 12.2. The van der Waals surface area contributed by atoms with Gasteiger partial charge < -0.3 is 4.42 Å². The van der Waals surface area contributed by atoms with Gasteiger partial charge >= 0.3 is 0 Å². The van der Waals surface area contributed by atoms with E-state index in [-0.39, 0.29) is 0 Å². The summed E-state index contributed by atoms with van der Waals surface area (Å²) in [5, 5.41) is 2.26. The summed E-state index contributed by atoms with van der Waals surface area (Å²) in [6.45, 7) is 0. The van der Waals surface area contributed by atoms with Crippen molar-refractivity contribution in [2.45, 2.75) is 0 Å². The lowest BCUT2D eigenvalue weighted by Crippen LogP contribution is -1.96. The van der Waals surface area contributed by atoms with Gasteiger partial charge in [0.25, 0.3) is 0 Å². The highest BCUT2D eigenvalue weighted by atomic mass is 16.3. The molecule has 0 aliphatic rings. The largest absolute Gasteiger partial charge is 0.436 e. The van der Waals surface area contributed by atoms with E-state index in [4.69, 9.17) is 19.4 Å². The molecule has 230 valence electrons. The quantitative estimate of drug-likeness (QED) is 0.184. The Morgan fingerprint density at radius 3 is 1.47 bits per heavy atom. The van der Waals surface area contributed by atoms with E-state index in [0.717, 1.165) is 66.6 Å². The maximum atomic E-state index is 6.04. The maximum Gasteiger partial charge on any atom is 0.227 e. The molecule has 9 aromatic rings. The van der Waals surface area contributed by atoms with Crippen molar-refractivity contribution in [3.8, 4) is 67.6 Å². The zero-order valence-electron chi connectivity index (χ0n) is 26.5. The van der Waals surface area contributed by atoms with Crippen LogP contribution in [0.2, 0.25) is 0 Å². The molecule has 0 aliphatic carbocycles. The Hall–Kier alpha value is -6.65. The second-order valence-electron chi connectivity index (χ2n) is 12.1. The minimum absolute atomic E-state index is 0.629. The third kappa shape index (κ3) is 5.66. The Balaban J connectivity index is 1.07. The van der Waals surface area contributed by atoms with Crippen molar-refractivity contribution in [3.63, 3.8) is 0 Å². The molecule has 4 nitrogen and oxygen atoms in total. The normalized spacial score (nSPS) is 11.3. The Kier molecular flexibility index (Phi) is 7.10. The molecule has 0 fully saturated rings. The van der Waals surface area contributed by atoms with Gasteiger partial charge in [-0.05, 0) is 75.5 Å². The molecule has 0 amide bonds. The number of aromatic nitrogens is 3. The van der Waals surface area contributed by atoms with E-state index in [9.17, 15) is 0 Å². The first kappa shape index (κ1) is 28.6. The number of hydrogen-bond acceptors (Lipinski definition) is 4. The third-order valence-corrected chi connectivity index (χ3v) is 8.92. The van der Waals surface area contributed by atoms with Gasteiger partial charge in [-0.3, -0.25) is 0 Å². The average molecular weight is 628 g/mol. The van der Waals surface area contributed by atoms with E-state index in [1.807, 2.05) is 60.7 Å². The van der Waals surface area contributed by atoms with Crippen LogP contribution in [-0.2, 0) is 0 Å². The van der Waals surface area contributed by atoms with Gasteiger partial charge in [0.2, 0.25) is 5.89 Å². The SMILES string of the molecule is c1ccc(-c2ccc(-c3cc(-c4ccccc4)nc(-c4ccc5cc(-c6ccc7oc(-c8ccccc8)nc7c6)ccc5c4)n3)cc2)cc1. The van der Waals surface area contributed by atoms with Crippen LogP contribution in [0, 0.1) is 0 Å². The standard InChI is InChI=1S/C45H29N3O/c1-4-10-30(11-5-1)31-16-18-33(19-17-31)41-29-40(32-12-6-2-7-13-32)46-44(47-41)39-23-22-35-26-36(20-21-37(35)27-39)38-24-25-43-42(28-38)48-45(49-43)34-14-8-3-9-15-34/h1-29H. The van der Waals surface area contributed by atoms with E-state index < -0.39 is 0 Å². The van der Waals surface area contributed by atoms with Crippen LogP contribution < -0.4 is 0 Å². The van der Waals surface area contributed by atoms with Gasteiger partial charge in [-0.25, -0.2) is 15.0 Å². The zero-order chi connectivity index (χ0) is 32.6. The predicted octanol–water partition coefficient (Wildman–Crippen LogP) is 11.8. The molecule has 0 atom stereocenters. The van der Waals surface area contributed by atoms with Crippen LogP contribution in [0.1, 0.15) is 0 Å². The van der Waals surface area contributed by atoms with E-state index in [1.54, 1.807) is 0 Å². The van der Waals surface area contributed by atoms with Crippen LogP contribution in [0.3, 0.4) is 0 Å². The third-order valence-electron chi connectivity index (χ3n) is 8.92. The topological polar surface area (TPSA) is 51.8 Å². The minimum atomic E-state index is 0.629. The summed E-state index contributed by atoms with van der Waals surface area (Å²) >= 11 is 0. The molecular weight excluding hydrogens is 599 g/mol. The van der Waals surface area contributed by atoms with Crippen molar-refractivity contribution >= 4 is 21.9 Å². The van der Waals surface area contributed by atoms with Gasteiger partial charge in [0.15, 0.2) is 11.4 Å². The molecule has 0 N–H and O–H groups in total. The van der Waals surface area contributed by atoms with Crippen LogP contribution in [-0.4, -0.2) is 15.0 Å². The van der Waals surface area contributed by atoms with Crippen LogP contribution in [0.5, 0.6) is 0 Å². The number of fused-ring (bicyclic) bond motifs is 2. The fraction of sp³-hybridized carbons (Fsp3) is 0. The van der Waals surface area contributed by atoms with Gasteiger partial charge in [0, 0.05) is 22.3 Å². The van der Waals surface area contributed by atoms with Crippen molar-refractivity contribution in [2.75, 3.05) is 0 Å². The summed E-state index contributed by atoms with van der Waals surface area (Å²) in [5.41, 5.74) is 12.0. The summed E-state index contributed by atoms with van der Waals surface area (Å²) in [6.07, 6.45) is 0. The zero-order valence-corrected chi connectivity index (χ0v) is 26.5. The Labute approximate surface area is 284 Å². The molecule has 9 rings (SSSR count). The summed E-state index contributed by atoms with van der Waals surface area (Å²) in [6, 6.07) is 60.6. The highest BCUT2D eigenvalue weighted by Crippen LogP contribution is 2.33. The fourth-order valence-corrected chi connectivity index (χ4v) is 6.32. The summed E-state index contributed by atoms with van der Waals surface area (Å²) in [4.78, 5) is 14.9. The van der Waals surface area contributed by atoms with Crippen LogP contribution in [0.25, 0.3) is 89.5 Å². The summed E-state index contributed by atoms with van der Waals surface area (Å²) < 4.78 is 6.04. The Bertz CT molecular complexity index is 2580. The van der Waals surface area contributed by atoms with Crippen molar-refractivity contribution in [3.05, 3.63) is 176 Å². The molecule has 4 heteroatoms. The highest BCUT2D eigenvalue weighted by Gasteiger charge is 2.13. The van der Waals surface area contributed by atoms with E-state index in [2.05, 4.69) is 115 Å². The summed E-state index contributed by atoms with van der Waals surface area (Å²) in [7, 11) is 0. The lowest BCUT2D eigenvalue weighted by molar-refractivity contribution is 0.620. The Morgan fingerprint density at radius 2 is 0.796 bits per heavy atom. The van der Waals surface area contributed by atoms with Gasteiger partial charge in [0.05, 0.1) is 11.4 Å². The van der Waals surface area contributed by atoms with Crippen LogP contribution in [0.15, 0.2) is 180 Å². The minimum Gasteiger partial charge on any atom is -0.436 e. The number of oxazole rings is 1. The van der Waals surface area contributed by atoms with Gasteiger partial charge in [-0.2, -0.15) is 0 Å². The Morgan fingerprint density at radius 1 is 0.327 bits per heavy atom. The molecule has 0 saturated carbocycles. The smallest absolute Gasteiger partial charge is 0.227 e. The first-order valence-electron chi connectivity index (χ1n) is 16.3. The predicted molar refractivity (Wildman–Crippen MR) is 200 cm³/mol. The molecule has 0 aliphatic heterocycles. The molecule has 0 spiro atoms. The molecule has 0 radical (unpaired) electrons. The van der Waals surface area contributed by atoms with Crippen molar-refractivity contribution in [2.24, 2.45) is 0 Å².